The summed E-state index contributed by atoms with van der Waals surface area (Å²) in [6.45, 7) is 6.88. The van der Waals surface area contributed by atoms with Gasteiger partial charge in [0.1, 0.15) is 5.60 Å². The number of carbonyl (C=O) groups excluding carboxylic acids is 1. The maximum atomic E-state index is 12.0. The van der Waals surface area contributed by atoms with Crippen LogP contribution in [0.15, 0.2) is 18.2 Å². The Morgan fingerprint density at radius 2 is 2.22 bits per heavy atom. The largest absolute Gasteiger partial charge is 0.444 e. The van der Waals surface area contributed by atoms with E-state index in [0.29, 0.717) is 29.2 Å². The Kier molecular flexibility index (Phi) is 5.51. The van der Waals surface area contributed by atoms with Crippen LogP contribution in [0.3, 0.4) is 0 Å². The van der Waals surface area contributed by atoms with Crippen LogP contribution in [0.2, 0.25) is 5.02 Å². The Balaban J connectivity index is 1.90. The van der Waals surface area contributed by atoms with Crippen molar-refractivity contribution in [2.24, 2.45) is 0 Å². The average molecular weight is 337 g/mol. The molecule has 1 aromatic carbocycles. The molecule has 1 fully saturated rings. The average Bonchev–Trinajstić information content (AvgIpc) is 2.93. The Bertz CT molecular complexity index is 619. The van der Waals surface area contributed by atoms with E-state index in [-0.39, 0.29) is 18.8 Å². The first kappa shape index (κ1) is 17.6. The molecular weight excluding hydrogens is 316 g/mol. The molecule has 0 saturated carbocycles. The van der Waals surface area contributed by atoms with Gasteiger partial charge in [0.2, 0.25) is 0 Å². The highest BCUT2D eigenvalue weighted by molar-refractivity contribution is 6.31. The molecule has 0 radical (unpaired) electrons. The highest BCUT2D eigenvalue weighted by Gasteiger charge is 2.30. The maximum Gasteiger partial charge on any atom is 0.410 e. The number of hydrogen-bond donors (Lipinski definition) is 0. The maximum absolute atomic E-state index is 12.0. The van der Waals surface area contributed by atoms with Gasteiger partial charge in [-0.3, -0.25) is 0 Å². The summed E-state index contributed by atoms with van der Waals surface area (Å²) < 4.78 is 11.2. The van der Waals surface area contributed by atoms with Crippen LogP contribution in [0.5, 0.6) is 0 Å². The lowest BCUT2D eigenvalue weighted by molar-refractivity contribution is 0.0184. The van der Waals surface area contributed by atoms with Crippen LogP contribution in [-0.2, 0) is 16.1 Å². The summed E-state index contributed by atoms with van der Waals surface area (Å²) in [4.78, 5) is 13.7. The van der Waals surface area contributed by atoms with Crippen molar-refractivity contribution < 1.29 is 14.3 Å². The molecule has 5 nitrogen and oxygen atoms in total. The summed E-state index contributed by atoms with van der Waals surface area (Å²) in [6, 6.07) is 7.31. The molecule has 1 aliphatic rings. The summed E-state index contributed by atoms with van der Waals surface area (Å²) in [5.41, 5.74) is 0.696. The Labute approximate surface area is 141 Å². The summed E-state index contributed by atoms with van der Waals surface area (Å²) in [5, 5.41) is 9.64. The summed E-state index contributed by atoms with van der Waals surface area (Å²) in [7, 11) is 0. The number of nitrogens with zero attached hydrogens (tertiary/aromatic N) is 2. The molecule has 1 atom stereocenters. The van der Waals surface area contributed by atoms with Gasteiger partial charge < -0.3 is 14.4 Å². The first-order chi connectivity index (χ1) is 10.8. The van der Waals surface area contributed by atoms with Crippen LogP contribution < -0.4 is 0 Å². The Hall–Kier alpha value is -1.77. The third-order valence-electron chi connectivity index (χ3n) is 3.50. The summed E-state index contributed by atoms with van der Waals surface area (Å²) >= 11 is 6.13. The first-order valence-corrected chi connectivity index (χ1v) is 7.95. The fourth-order valence-electron chi connectivity index (χ4n) is 2.37. The standard InChI is InChI=1S/C17H21ClN2O3/c1-17(2,3)23-16(21)20-8-7-13(10-20)22-11-14-12(9-19)5-4-6-15(14)18/h4-6,13H,7-8,10-11H2,1-3H3. The molecule has 6 heteroatoms. The second kappa shape index (κ2) is 7.20. The summed E-state index contributed by atoms with van der Waals surface area (Å²) in [5.74, 6) is 0. The van der Waals surface area contributed by atoms with Crippen molar-refractivity contribution in [1.82, 2.24) is 4.90 Å². The lowest BCUT2D eigenvalue weighted by Crippen LogP contribution is -2.36. The number of rotatable bonds is 3. The second-order valence-electron chi connectivity index (χ2n) is 6.53. The fourth-order valence-corrected chi connectivity index (χ4v) is 2.60. The number of likely N-dealkylation sites (tertiary alicyclic amines) is 1. The van der Waals surface area contributed by atoms with Gasteiger partial charge in [-0.05, 0) is 39.3 Å². The minimum Gasteiger partial charge on any atom is -0.444 e. The van der Waals surface area contributed by atoms with Crippen LogP contribution in [0.1, 0.15) is 38.3 Å². The van der Waals surface area contributed by atoms with Crippen LogP contribution in [-0.4, -0.2) is 35.8 Å². The number of carbonyl (C=O) groups is 1. The molecule has 1 unspecified atom stereocenters. The minimum absolute atomic E-state index is 0.0784. The van der Waals surface area contributed by atoms with E-state index in [0.717, 1.165) is 6.42 Å². The lowest BCUT2D eigenvalue weighted by Gasteiger charge is -2.24. The molecule has 0 bridgehead atoms. The van der Waals surface area contributed by atoms with Crippen LogP contribution in [0.4, 0.5) is 4.79 Å². The molecule has 0 N–H and O–H groups in total. The molecule has 0 spiro atoms. The molecule has 1 amide bonds. The molecule has 23 heavy (non-hydrogen) atoms. The minimum atomic E-state index is -0.505. The van der Waals surface area contributed by atoms with E-state index in [9.17, 15) is 4.79 Å². The smallest absolute Gasteiger partial charge is 0.410 e. The number of nitriles is 1. The molecule has 1 heterocycles. The number of hydrogen-bond acceptors (Lipinski definition) is 4. The van der Waals surface area contributed by atoms with Crippen LogP contribution in [0.25, 0.3) is 0 Å². The predicted molar refractivity (Wildman–Crippen MR) is 87.2 cm³/mol. The zero-order valence-corrected chi connectivity index (χ0v) is 14.4. The third-order valence-corrected chi connectivity index (χ3v) is 3.85. The van der Waals surface area contributed by atoms with Gasteiger partial charge in [0.25, 0.3) is 0 Å². The van der Waals surface area contributed by atoms with E-state index >= 15 is 0 Å². The van der Waals surface area contributed by atoms with Gasteiger partial charge in [-0.25, -0.2) is 4.79 Å². The molecule has 124 valence electrons. The van der Waals surface area contributed by atoms with Crippen molar-refractivity contribution in [3.63, 3.8) is 0 Å². The molecule has 1 aromatic rings. The van der Waals surface area contributed by atoms with Crippen molar-refractivity contribution in [1.29, 1.82) is 5.26 Å². The topological polar surface area (TPSA) is 62.6 Å². The van der Waals surface area contributed by atoms with E-state index in [1.165, 1.54) is 0 Å². The van der Waals surface area contributed by atoms with Gasteiger partial charge >= 0.3 is 6.09 Å². The zero-order chi connectivity index (χ0) is 17.0. The molecular formula is C17H21ClN2O3. The Morgan fingerprint density at radius 3 is 2.87 bits per heavy atom. The fraction of sp³-hybridized carbons (Fsp3) is 0.529. The van der Waals surface area contributed by atoms with Crippen molar-refractivity contribution in [3.8, 4) is 6.07 Å². The van der Waals surface area contributed by atoms with Crippen LogP contribution in [0, 0.1) is 11.3 Å². The Morgan fingerprint density at radius 1 is 1.48 bits per heavy atom. The van der Waals surface area contributed by atoms with E-state index in [2.05, 4.69) is 6.07 Å². The monoisotopic (exact) mass is 336 g/mol. The third kappa shape index (κ3) is 4.85. The van der Waals surface area contributed by atoms with Crippen molar-refractivity contribution in [2.45, 2.75) is 45.5 Å². The number of amides is 1. The first-order valence-electron chi connectivity index (χ1n) is 7.57. The van der Waals surface area contributed by atoms with Gasteiger partial charge in [0.05, 0.1) is 30.9 Å². The van der Waals surface area contributed by atoms with E-state index < -0.39 is 5.60 Å². The number of halogens is 1. The molecule has 0 aliphatic carbocycles. The summed E-state index contributed by atoms with van der Waals surface area (Å²) in [6.07, 6.45) is 0.343. The zero-order valence-electron chi connectivity index (χ0n) is 13.6. The lowest BCUT2D eigenvalue weighted by atomic mass is 10.1. The number of benzene rings is 1. The van der Waals surface area contributed by atoms with Crippen molar-refractivity contribution in [2.75, 3.05) is 13.1 Å². The van der Waals surface area contributed by atoms with Gasteiger partial charge in [0.15, 0.2) is 0 Å². The van der Waals surface area contributed by atoms with Gasteiger partial charge in [0, 0.05) is 17.1 Å². The van der Waals surface area contributed by atoms with Gasteiger partial charge in [-0.1, -0.05) is 17.7 Å². The SMILES string of the molecule is CC(C)(C)OC(=O)N1CCC(OCc2c(Cl)cccc2C#N)C1. The number of ether oxygens (including phenoxy) is 2. The molecule has 2 rings (SSSR count). The van der Waals surface area contributed by atoms with Gasteiger partial charge in [-0.2, -0.15) is 5.26 Å². The van der Waals surface area contributed by atoms with E-state index in [1.807, 2.05) is 20.8 Å². The van der Waals surface area contributed by atoms with Crippen molar-refractivity contribution >= 4 is 17.7 Å². The van der Waals surface area contributed by atoms with Crippen molar-refractivity contribution in [3.05, 3.63) is 34.3 Å². The van der Waals surface area contributed by atoms with Crippen LogP contribution >= 0.6 is 11.6 Å². The van der Waals surface area contributed by atoms with E-state index in [1.54, 1.807) is 23.1 Å². The second-order valence-corrected chi connectivity index (χ2v) is 6.93. The predicted octanol–water partition coefficient (Wildman–Crippen LogP) is 3.74. The highest BCUT2D eigenvalue weighted by Crippen LogP contribution is 2.23. The molecule has 1 saturated heterocycles. The highest BCUT2D eigenvalue weighted by atomic mass is 35.5. The molecule has 1 aliphatic heterocycles. The normalized spacial score (nSPS) is 17.9. The quantitative estimate of drug-likeness (QED) is 0.843. The van der Waals surface area contributed by atoms with Gasteiger partial charge in [-0.15, -0.1) is 0 Å². The molecule has 0 aromatic heterocycles. The van der Waals surface area contributed by atoms with E-state index in [4.69, 9.17) is 26.3 Å².